The lowest BCUT2D eigenvalue weighted by Gasteiger charge is -2.20. The minimum absolute atomic E-state index is 0.469. The molecule has 0 heterocycles. The van der Waals surface area contributed by atoms with Gasteiger partial charge in [0.15, 0.2) is 0 Å². The third kappa shape index (κ3) is 6.38. The van der Waals surface area contributed by atoms with Crippen molar-refractivity contribution in [3.05, 3.63) is 29.8 Å². The Kier molecular flexibility index (Phi) is 8.28. The first-order valence-electron chi connectivity index (χ1n) is 7.76. The summed E-state index contributed by atoms with van der Waals surface area (Å²) in [5, 5.41) is 0. The summed E-state index contributed by atoms with van der Waals surface area (Å²) in [6.07, 6.45) is 9.41. The van der Waals surface area contributed by atoms with E-state index in [2.05, 4.69) is 31.0 Å². The van der Waals surface area contributed by atoms with Crippen LogP contribution in [0.5, 0.6) is 0 Å². The predicted octanol–water partition coefficient (Wildman–Crippen LogP) is 4.51. The van der Waals surface area contributed by atoms with Crippen molar-refractivity contribution in [1.82, 2.24) is 0 Å². The zero-order valence-electron chi connectivity index (χ0n) is 12.9. The Morgan fingerprint density at radius 3 is 2.40 bits per heavy atom. The van der Waals surface area contributed by atoms with Crippen LogP contribution in [0.25, 0.3) is 0 Å². The van der Waals surface area contributed by atoms with Gasteiger partial charge in [-0.1, -0.05) is 69.8 Å². The molecule has 112 valence electrons. The molecule has 0 amide bonds. The summed E-state index contributed by atoms with van der Waals surface area (Å²) in [5.74, 6) is 0. The predicted molar refractivity (Wildman–Crippen MR) is 93.6 cm³/mol. The average Bonchev–Trinajstić information content (AvgIpc) is 2.46. The largest absolute Gasteiger partial charge is 0.389 e. The number of thiocarbonyl (C=S) groups is 1. The van der Waals surface area contributed by atoms with Gasteiger partial charge in [0.05, 0.1) is 0 Å². The molecular formula is C17H28N2S. The van der Waals surface area contributed by atoms with Gasteiger partial charge in [0.25, 0.3) is 0 Å². The van der Waals surface area contributed by atoms with Crippen molar-refractivity contribution in [1.29, 1.82) is 0 Å². The maximum atomic E-state index is 5.68. The summed E-state index contributed by atoms with van der Waals surface area (Å²) in [7, 11) is 2.13. The van der Waals surface area contributed by atoms with E-state index in [9.17, 15) is 0 Å². The second-order valence-corrected chi connectivity index (χ2v) is 5.90. The number of nitrogens with zero attached hydrogens (tertiary/aromatic N) is 1. The van der Waals surface area contributed by atoms with E-state index in [0.717, 1.165) is 12.1 Å². The molecule has 2 nitrogen and oxygen atoms in total. The highest BCUT2D eigenvalue weighted by Crippen LogP contribution is 2.16. The smallest absolute Gasteiger partial charge is 0.104 e. The molecule has 0 spiro atoms. The van der Waals surface area contributed by atoms with Crippen LogP contribution in [0.1, 0.15) is 57.4 Å². The first-order valence-corrected chi connectivity index (χ1v) is 8.17. The van der Waals surface area contributed by atoms with Gasteiger partial charge in [0.1, 0.15) is 4.99 Å². The number of benzene rings is 1. The molecule has 1 aromatic carbocycles. The molecule has 0 aromatic heterocycles. The van der Waals surface area contributed by atoms with Crippen LogP contribution in [0.4, 0.5) is 5.69 Å². The fourth-order valence-electron chi connectivity index (χ4n) is 2.33. The zero-order valence-corrected chi connectivity index (χ0v) is 13.7. The molecular weight excluding hydrogens is 264 g/mol. The van der Waals surface area contributed by atoms with E-state index in [1.54, 1.807) is 0 Å². The standard InChI is InChI=1S/C17H28N2S/c1-3-4-5-6-7-8-9-13-19(2)16-12-10-11-15(14-16)17(18)20/h10-12,14H,3-9,13H2,1-2H3,(H2,18,20). The average molecular weight is 292 g/mol. The van der Waals surface area contributed by atoms with Crippen molar-refractivity contribution in [3.8, 4) is 0 Å². The monoisotopic (exact) mass is 292 g/mol. The van der Waals surface area contributed by atoms with Crippen molar-refractivity contribution in [2.75, 3.05) is 18.5 Å². The van der Waals surface area contributed by atoms with Crippen molar-refractivity contribution in [2.45, 2.75) is 51.9 Å². The molecule has 0 aliphatic heterocycles. The first-order chi connectivity index (χ1) is 9.65. The van der Waals surface area contributed by atoms with Crippen LogP contribution < -0.4 is 10.6 Å². The lowest BCUT2D eigenvalue weighted by molar-refractivity contribution is 0.588. The fraction of sp³-hybridized carbons (Fsp3) is 0.588. The highest BCUT2D eigenvalue weighted by Gasteiger charge is 2.03. The Bertz CT molecular complexity index is 404. The van der Waals surface area contributed by atoms with Crippen molar-refractivity contribution < 1.29 is 0 Å². The first kappa shape index (κ1) is 17.0. The molecule has 0 aliphatic rings. The number of rotatable bonds is 10. The van der Waals surface area contributed by atoms with Crippen molar-refractivity contribution in [2.24, 2.45) is 5.73 Å². The number of hydrogen-bond acceptors (Lipinski definition) is 2. The number of hydrogen-bond donors (Lipinski definition) is 1. The fourth-order valence-corrected chi connectivity index (χ4v) is 2.46. The second kappa shape index (κ2) is 9.76. The van der Waals surface area contributed by atoms with Gasteiger partial charge in [0, 0.05) is 24.8 Å². The molecule has 0 fully saturated rings. The van der Waals surface area contributed by atoms with Crippen molar-refractivity contribution in [3.63, 3.8) is 0 Å². The SMILES string of the molecule is CCCCCCCCCN(C)c1cccc(C(N)=S)c1. The Balaban J connectivity index is 2.27. The third-order valence-corrected chi connectivity index (χ3v) is 3.90. The van der Waals surface area contributed by atoms with Gasteiger partial charge >= 0.3 is 0 Å². The maximum Gasteiger partial charge on any atom is 0.104 e. The topological polar surface area (TPSA) is 29.3 Å². The molecule has 0 bridgehead atoms. The van der Waals surface area contributed by atoms with Gasteiger partial charge in [-0.05, 0) is 18.6 Å². The van der Waals surface area contributed by atoms with E-state index in [4.69, 9.17) is 18.0 Å². The van der Waals surface area contributed by atoms with Crippen LogP contribution in [-0.4, -0.2) is 18.6 Å². The normalized spacial score (nSPS) is 10.5. The van der Waals surface area contributed by atoms with E-state index in [0.29, 0.717) is 4.99 Å². The van der Waals surface area contributed by atoms with Gasteiger partial charge in [-0.25, -0.2) is 0 Å². The van der Waals surface area contributed by atoms with Crippen molar-refractivity contribution >= 4 is 22.9 Å². The highest BCUT2D eigenvalue weighted by atomic mass is 32.1. The third-order valence-electron chi connectivity index (χ3n) is 3.67. The minimum atomic E-state index is 0.469. The van der Waals surface area contributed by atoms with Gasteiger partial charge in [-0.15, -0.1) is 0 Å². The van der Waals surface area contributed by atoms with E-state index in [1.165, 1.54) is 50.6 Å². The molecule has 0 radical (unpaired) electrons. The van der Waals surface area contributed by atoms with E-state index in [-0.39, 0.29) is 0 Å². The Morgan fingerprint density at radius 1 is 1.10 bits per heavy atom. The summed E-state index contributed by atoms with van der Waals surface area (Å²) >= 11 is 5.02. The summed E-state index contributed by atoms with van der Waals surface area (Å²) in [5.41, 5.74) is 7.82. The Hall–Kier alpha value is -1.09. The van der Waals surface area contributed by atoms with Crippen LogP contribution in [-0.2, 0) is 0 Å². The van der Waals surface area contributed by atoms with Gasteiger partial charge in [0.2, 0.25) is 0 Å². The number of nitrogens with two attached hydrogens (primary N) is 1. The molecule has 2 N–H and O–H groups in total. The van der Waals surface area contributed by atoms with Crippen LogP contribution in [0.2, 0.25) is 0 Å². The number of anilines is 1. The highest BCUT2D eigenvalue weighted by molar-refractivity contribution is 7.80. The Labute approximate surface area is 129 Å². The molecule has 0 atom stereocenters. The molecule has 0 saturated heterocycles. The lowest BCUT2D eigenvalue weighted by Crippen LogP contribution is -2.19. The molecule has 20 heavy (non-hydrogen) atoms. The summed E-state index contributed by atoms with van der Waals surface area (Å²) in [6, 6.07) is 8.17. The van der Waals surface area contributed by atoms with Crippen LogP contribution >= 0.6 is 12.2 Å². The van der Waals surface area contributed by atoms with E-state index >= 15 is 0 Å². The maximum absolute atomic E-state index is 5.68. The van der Waals surface area contributed by atoms with Crippen LogP contribution in [0.15, 0.2) is 24.3 Å². The van der Waals surface area contributed by atoms with Gasteiger partial charge in [-0.3, -0.25) is 0 Å². The molecule has 0 aliphatic carbocycles. The van der Waals surface area contributed by atoms with E-state index < -0.39 is 0 Å². The molecule has 3 heteroatoms. The van der Waals surface area contributed by atoms with E-state index in [1.807, 2.05) is 12.1 Å². The minimum Gasteiger partial charge on any atom is -0.389 e. The van der Waals surface area contributed by atoms with Gasteiger partial charge < -0.3 is 10.6 Å². The summed E-state index contributed by atoms with van der Waals surface area (Å²) in [4.78, 5) is 2.75. The second-order valence-electron chi connectivity index (χ2n) is 5.46. The summed E-state index contributed by atoms with van der Waals surface area (Å²) in [6.45, 7) is 3.35. The Morgan fingerprint density at radius 2 is 1.75 bits per heavy atom. The number of unbranched alkanes of at least 4 members (excludes halogenated alkanes) is 6. The summed E-state index contributed by atoms with van der Waals surface area (Å²) < 4.78 is 0. The molecule has 1 rings (SSSR count). The zero-order chi connectivity index (χ0) is 14.8. The van der Waals surface area contributed by atoms with Gasteiger partial charge in [-0.2, -0.15) is 0 Å². The van der Waals surface area contributed by atoms with Crippen LogP contribution in [0.3, 0.4) is 0 Å². The lowest BCUT2D eigenvalue weighted by atomic mass is 10.1. The molecule has 1 aromatic rings. The quantitative estimate of drug-likeness (QED) is 0.508. The molecule has 0 saturated carbocycles. The molecule has 0 unspecified atom stereocenters. The van der Waals surface area contributed by atoms with Crippen LogP contribution in [0, 0.1) is 0 Å².